The molecule has 3 rings (SSSR count). The van der Waals surface area contributed by atoms with Crippen molar-refractivity contribution in [2.75, 3.05) is 18.2 Å². The monoisotopic (exact) mass is 410 g/mol. The predicted octanol–water partition coefficient (Wildman–Crippen LogP) is 4.51. The highest BCUT2D eigenvalue weighted by molar-refractivity contribution is 7.99. The molecule has 0 atom stereocenters. The Morgan fingerprint density at radius 1 is 1.32 bits per heavy atom. The van der Waals surface area contributed by atoms with Crippen LogP contribution in [0.5, 0.6) is 5.75 Å². The molecule has 8 heteroatoms. The second-order valence-electron chi connectivity index (χ2n) is 5.84. The van der Waals surface area contributed by atoms with Gasteiger partial charge in [0.15, 0.2) is 0 Å². The summed E-state index contributed by atoms with van der Waals surface area (Å²) in [5, 5.41) is 15.7. The zero-order valence-electron chi connectivity index (χ0n) is 15.4. The fraction of sp³-hybridized carbons (Fsp3) is 0.200. The summed E-state index contributed by atoms with van der Waals surface area (Å²) in [5.41, 5.74) is 3.08. The van der Waals surface area contributed by atoms with Crippen molar-refractivity contribution < 1.29 is 9.53 Å². The van der Waals surface area contributed by atoms with E-state index in [2.05, 4.69) is 21.4 Å². The maximum atomic E-state index is 12.3. The van der Waals surface area contributed by atoms with E-state index < -0.39 is 0 Å². The van der Waals surface area contributed by atoms with Crippen molar-refractivity contribution in [3.8, 4) is 22.9 Å². The molecule has 1 N–H and O–H groups in total. The Hall–Kier alpha value is -2.89. The van der Waals surface area contributed by atoms with Crippen LogP contribution >= 0.6 is 23.1 Å². The summed E-state index contributed by atoms with van der Waals surface area (Å²) in [6, 6.07) is 11.6. The normalized spacial score (nSPS) is 10.3. The second-order valence-corrected chi connectivity index (χ2v) is 7.83. The van der Waals surface area contributed by atoms with E-state index >= 15 is 0 Å². The van der Waals surface area contributed by atoms with Crippen LogP contribution in [0.3, 0.4) is 0 Å². The van der Waals surface area contributed by atoms with Crippen molar-refractivity contribution in [3.63, 3.8) is 0 Å². The lowest BCUT2D eigenvalue weighted by Gasteiger charge is -2.05. The number of ether oxygens (including phenoxy) is 1. The van der Waals surface area contributed by atoms with Crippen LogP contribution in [0.2, 0.25) is 0 Å². The number of thioether (sulfide) groups is 1. The van der Waals surface area contributed by atoms with Crippen LogP contribution in [0.1, 0.15) is 17.7 Å². The van der Waals surface area contributed by atoms with Gasteiger partial charge in [-0.3, -0.25) is 4.79 Å². The fourth-order valence-corrected chi connectivity index (χ4v) is 4.30. The average Bonchev–Trinajstić information content (AvgIpc) is 3.10. The summed E-state index contributed by atoms with van der Waals surface area (Å²) in [4.78, 5) is 20.5. The Bertz CT molecular complexity index is 1010. The first-order chi connectivity index (χ1) is 13.6. The van der Waals surface area contributed by atoms with Crippen LogP contribution in [0.4, 0.5) is 5.00 Å². The lowest BCUT2D eigenvalue weighted by atomic mass is 10.0. The number of hydrogen-bond donors (Lipinski definition) is 1. The van der Waals surface area contributed by atoms with E-state index in [1.54, 1.807) is 7.11 Å². The Morgan fingerprint density at radius 2 is 2.11 bits per heavy atom. The molecule has 0 saturated heterocycles. The quantitative estimate of drug-likeness (QED) is 0.455. The van der Waals surface area contributed by atoms with Crippen molar-refractivity contribution >= 4 is 34.0 Å². The molecular weight excluding hydrogens is 392 g/mol. The van der Waals surface area contributed by atoms with Crippen LogP contribution in [-0.4, -0.2) is 28.7 Å². The van der Waals surface area contributed by atoms with E-state index in [0.717, 1.165) is 27.6 Å². The second kappa shape index (κ2) is 9.35. The molecule has 1 aromatic carbocycles. The van der Waals surface area contributed by atoms with Gasteiger partial charge >= 0.3 is 0 Å². The Morgan fingerprint density at radius 3 is 2.79 bits per heavy atom. The summed E-state index contributed by atoms with van der Waals surface area (Å²) in [5.74, 6) is 1.22. The number of amides is 1. The number of carbonyl (C=O) groups is 1. The third-order valence-electron chi connectivity index (χ3n) is 3.91. The van der Waals surface area contributed by atoms with Crippen molar-refractivity contribution in [3.05, 3.63) is 53.3 Å². The van der Waals surface area contributed by atoms with Gasteiger partial charge in [0.05, 0.1) is 17.7 Å². The molecule has 0 radical (unpaired) electrons. The summed E-state index contributed by atoms with van der Waals surface area (Å²) in [6.07, 6.45) is 1.84. The topological polar surface area (TPSA) is 87.9 Å². The van der Waals surface area contributed by atoms with Crippen LogP contribution in [0.15, 0.2) is 47.1 Å². The van der Waals surface area contributed by atoms with Gasteiger partial charge in [-0.15, -0.1) is 23.1 Å². The van der Waals surface area contributed by atoms with E-state index in [0.29, 0.717) is 22.7 Å². The molecule has 2 heterocycles. The highest BCUT2D eigenvalue weighted by Crippen LogP contribution is 2.35. The Balaban J connectivity index is 1.63. The lowest BCUT2D eigenvalue weighted by molar-refractivity contribution is -0.115. The summed E-state index contributed by atoms with van der Waals surface area (Å²) in [6.45, 7) is 1.90. The van der Waals surface area contributed by atoms with E-state index in [1.165, 1.54) is 29.4 Å². The number of anilines is 1. The number of benzene rings is 1. The Kier molecular flexibility index (Phi) is 6.63. The third kappa shape index (κ3) is 4.88. The number of aromatic nitrogens is 2. The fourth-order valence-electron chi connectivity index (χ4n) is 2.49. The minimum Gasteiger partial charge on any atom is -0.497 e. The molecule has 3 aromatic rings. The molecule has 1 amide bonds. The molecule has 0 saturated carbocycles. The molecule has 0 bridgehead atoms. The molecule has 142 valence electrons. The summed E-state index contributed by atoms with van der Waals surface area (Å²) < 4.78 is 5.17. The van der Waals surface area contributed by atoms with Crippen molar-refractivity contribution in [2.45, 2.75) is 18.4 Å². The molecule has 0 aliphatic heterocycles. The average molecular weight is 411 g/mol. The van der Waals surface area contributed by atoms with Crippen LogP contribution < -0.4 is 10.1 Å². The molecule has 2 aromatic heterocycles. The largest absolute Gasteiger partial charge is 0.497 e. The van der Waals surface area contributed by atoms with E-state index in [1.807, 2.05) is 42.6 Å². The van der Waals surface area contributed by atoms with Gasteiger partial charge in [0.1, 0.15) is 23.1 Å². The number of thiophene rings is 1. The maximum Gasteiger partial charge on any atom is 0.225 e. The number of nitriles is 1. The third-order valence-corrected chi connectivity index (χ3v) is 5.74. The SMILES string of the molecule is COc1ccc(-c2csc(NC(=O)CCSc3cc(C)ncn3)c2C#N)cc1. The van der Waals surface area contributed by atoms with Gasteiger partial charge in [-0.05, 0) is 30.7 Å². The van der Waals surface area contributed by atoms with Gasteiger partial charge in [0.25, 0.3) is 0 Å². The molecule has 6 nitrogen and oxygen atoms in total. The number of methoxy groups -OCH3 is 1. The van der Waals surface area contributed by atoms with Crippen molar-refractivity contribution in [2.24, 2.45) is 0 Å². The molecular formula is C20H18N4O2S2. The number of nitrogens with one attached hydrogen (secondary N) is 1. The number of nitrogens with zero attached hydrogens (tertiary/aromatic N) is 3. The number of aryl methyl sites for hydroxylation is 1. The highest BCUT2D eigenvalue weighted by Gasteiger charge is 2.15. The van der Waals surface area contributed by atoms with Gasteiger partial charge in [0.2, 0.25) is 5.91 Å². The number of carbonyl (C=O) groups excluding carboxylic acids is 1. The van der Waals surface area contributed by atoms with Gasteiger partial charge in [-0.25, -0.2) is 9.97 Å². The molecule has 0 spiro atoms. The first-order valence-corrected chi connectivity index (χ1v) is 10.3. The molecule has 0 unspecified atom stereocenters. The van der Waals surface area contributed by atoms with E-state index in [-0.39, 0.29) is 5.91 Å². The van der Waals surface area contributed by atoms with Crippen molar-refractivity contribution in [1.29, 1.82) is 5.26 Å². The summed E-state index contributed by atoms with van der Waals surface area (Å²) >= 11 is 2.86. The first kappa shape index (κ1) is 19.9. The lowest BCUT2D eigenvalue weighted by Crippen LogP contribution is -2.12. The predicted molar refractivity (Wildman–Crippen MR) is 112 cm³/mol. The smallest absolute Gasteiger partial charge is 0.225 e. The van der Waals surface area contributed by atoms with Gasteiger partial charge in [0, 0.05) is 28.8 Å². The zero-order valence-corrected chi connectivity index (χ0v) is 17.1. The standard InChI is InChI=1S/C20H18N4O2S2/c1-13-9-19(23-12-22-13)27-8-7-18(25)24-20-16(10-21)17(11-28-20)14-3-5-15(26-2)6-4-14/h3-6,9,11-12H,7-8H2,1-2H3,(H,24,25). The van der Waals surface area contributed by atoms with Gasteiger partial charge in [-0.2, -0.15) is 5.26 Å². The molecule has 0 fully saturated rings. The van der Waals surface area contributed by atoms with Crippen molar-refractivity contribution in [1.82, 2.24) is 9.97 Å². The van der Waals surface area contributed by atoms with Gasteiger partial charge < -0.3 is 10.1 Å². The van der Waals surface area contributed by atoms with Crippen LogP contribution in [0.25, 0.3) is 11.1 Å². The number of hydrogen-bond acceptors (Lipinski definition) is 7. The maximum absolute atomic E-state index is 12.3. The minimum absolute atomic E-state index is 0.127. The van der Waals surface area contributed by atoms with Gasteiger partial charge in [-0.1, -0.05) is 12.1 Å². The molecule has 28 heavy (non-hydrogen) atoms. The Labute approximate surface area is 171 Å². The first-order valence-electron chi connectivity index (χ1n) is 8.48. The minimum atomic E-state index is -0.127. The van der Waals surface area contributed by atoms with E-state index in [4.69, 9.17) is 4.74 Å². The van der Waals surface area contributed by atoms with Crippen LogP contribution in [0, 0.1) is 18.3 Å². The highest BCUT2D eigenvalue weighted by atomic mass is 32.2. The summed E-state index contributed by atoms with van der Waals surface area (Å²) in [7, 11) is 1.61. The van der Waals surface area contributed by atoms with E-state index in [9.17, 15) is 10.1 Å². The molecule has 0 aliphatic rings. The zero-order chi connectivity index (χ0) is 19.9. The number of rotatable bonds is 7. The molecule has 0 aliphatic carbocycles. The van der Waals surface area contributed by atoms with Crippen LogP contribution in [-0.2, 0) is 4.79 Å².